The Hall–Kier alpha value is -3.02. The number of benzene rings is 2. The van der Waals surface area contributed by atoms with Gasteiger partial charge in [-0.15, -0.1) is 0 Å². The molecule has 2 fully saturated rings. The van der Waals surface area contributed by atoms with Gasteiger partial charge in [0, 0.05) is 30.8 Å². The fourth-order valence-electron chi connectivity index (χ4n) is 4.52. The third-order valence-corrected chi connectivity index (χ3v) is 5.94. The number of nitrogens with zero attached hydrogens (tertiary/aromatic N) is 2. The first kappa shape index (κ1) is 18.0. The van der Waals surface area contributed by atoms with Crippen LogP contribution in [0.25, 0.3) is 0 Å². The number of amides is 2. The van der Waals surface area contributed by atoms with Gasteiger partial charge >= 0.3 is 0 Å². The number of hydrogen-bond acceptors (Lipinski definition) is 4. The molecule has 2 aromatic rings. The van der Waals surface area contributed by atoms with E-state index in [1.54, 1.807) is 4.90 Å². The van der Waals surface area contributed by atoms with Crippen LogP contribution in [0.5, 0.6) is 11.5 Å². The summed E-state index contributed by atoms with van der Waals surface area (Å²) in [5, 5.41) is 0. The van der Waals surface area contributed by atoms with E-state index < -0.39 is 0 Å². The fraction of sp³-hybridized carbons (Fsp3) is 0.391. The van der Waals surface area contributed by atoms with Crippen LogP contribution in [0.2, 0.25) is 0 Å². The van der Waals surface area contributed by atoms with Crippen LogP contribution in [0.1, 0.15) is 47.6 Å². The third-order valence-electron chi connectivity index (χ3n) is 5.94. The second-order valence-electron chi connectivity index (χ2n) is 7.76. The molecular formula is C23H24N2O4. The molecule has 5 rings (SSSR count). The van der Waals surface area contributed by atoms with E-state index in [1.807, 2.05) is 47.4 Å². The Balaban J connectivity index is 1.40. The molecular weight excluding hydrogens is 368 g/mol. The van der Waals surface area contributed by atoms with Crippen LogP contribution < -0.4 is 14.4 Å². The SMILES string of the molecule is O=C1CCCN1c1cccc(C(=O)N2CCC[C@@H]2c2ccc3c(c2)OCCO3)c1. The van der Waals surface area contributed by atoms with Gasteiger partial charge in [-0.05, 0) is 55.2 Å². The lowest BCUT2D eigenvalue weighted by Crippen LogP contribution is -2.31. The summed E-state index contributed by atoms with van der Waals surface area (Å²) in [6.07, 6.45) is 3.34. The van der Waals surface area contributed by atoms with Gasteiger partial charge in [0.15, 0.2) is 11.5 Å². The molecule has 2 saturated heterocycles. The number of ether oxygens (including phenoxy) is 2. The lowest BCUT2D eigenvalue weighted by atomic mass is 10.0. The molecule has 29 heavy (non-hydrogen) atoms. The van der Waals surface area contributed by atoms with Crippen LogP contribution in [-0.4, -0.2) is 43.0 Å². The van der Waals surface area contributed by atoms with Crippen molar-refractivity contribution in [3.8, 4) is 11.5 Å². The van der Waals surface area contributed by atoms with Gasteiger partial charge in [-0.3, -0.25) is 9.59 Å². The summed E-state index contributed by atoms with van der Waals surface area (Å²) in [6, 6.07) is 13.5. The van der Waals surface area contributed by atoms with E-state index in [-0.39, 0.29) is 17.9 Å². The van der Waals surface area contributed by atoms with E-state index in [1.165, 1.54) is 0 Å². The first-order chi connectivity index (χ1) is 14.2. The van der Waals surface area contributed by atoms with E-state index in [2.05, 4.69) is 0 Å². The maximum absolute atomic E-state index is 13.3. The minimum atomic E-state index is 0.0101. The van der Waals surface area contributed by atoms with Crippen molar-refractivity contribution in [2.24, 2.45) is 0 Å². The predicted molar refractivity (Wildman–Crippen MR) is 108 cm³/mol. The number of fused-ring (bicyclic) bond motifs is 1. The molecule has 1 atom stereocenters. The second-order valence-corrected chi connectivity index (χ2v) is 7.76. The molecule has 2 amide bonds. The van der Waals surface area contributed by atoms with Gasteiger partial charge in [0.05, 0.1) is 6.04 Å². The lowest BCUT2D eigenvalue weighted by molar-refractivity contribution is -0.117. The van der Waals surface area contributed by atoms with Crippen molar-refractivity contribution < 1.29 is 19.1 Å². The van der Waals surface area contributed by atoms with Crippen LogP contribution >= 0.6 is 0 Å². The Morgan fingerprint density at radius 1 is 0.966 bits per heavy atom. The molecule has 3 heterocycles. The van der Waals surface area contributed by atoms with Crippen LogP contribution in [0.4, 0.5) is 5.69 Å². The molecule has 3 aliphatic heterocycles. The highest BCUT2D eigenvalue weighted by Crippen LogP contribution is 2.38. The molecule has 0 aromatic heterocycles. The summed E-state index contributed by atoms with van der Waals surface area (Å²) in [7, 11) is 0. The first-order valence-corrected chi connectivity index (χ1v) is 10.3. The van der Waals surface area contributed by atoms with Gasteiger partial charge in [0.1, 0.15) is 13.2 Å². The van der Waals surface area contributed by atoms with Gasteiger partial charge in [-0.2, -0.15) is 0 Å². The summed E-state index contributed by atoms with van der Waals surface area (Å²) in [5.41, 5.74) is 2.52. The summed E-state index contributed by atoms with van der Waals surface area (Å²) in [5.74, 6) is 1.65. The number of likely N-dealkylation sites (tertiary alicyclic amines) is 1. The van der Waals surface area contributed by atoms with Crippen molar-refractivity contribution >= 4 is 17.5 Å². The number of anilines is 1. The zero-order valence-corrected chi connectivity index (χ0v) is 16.3. The second kappa shape index (κ2) is 7.43. The molecule has 0 N–H and O–H groups in total. The molecule has 0 aliphatic carbocycles. The molecule has 2 aromatic carbocycles. The third kappa shape index (κ3) is 3.33. The molecule has 0 bridgehead atoms. The van der Waals surface area contributed by atoms with E-state index in [9.17, 15) is 9.59 Å². The van der Waals surface area contributed by atoms with Crippen molar-refractivity contribution in [3.63, 3.8) is 0 Å². The highest BCUT2D eigenvalue weighted by Gasteiger charge is 2.32. The topological polar surface area (TPSA) is 59.1 Å². The zero-order chi connectivity index (χ0) is 19.8. The molecule has 0 unspecified atom stereocenters. The summed E-state index contributed by atoms with van der Waals surface area (Å²) >= 11 is 0. The van der Waals surface area contributed by atoms with Crippen LogP contribution in [0, 0.1) is 0 Å². The van der Waals surface area contributed by atoms with Gasteiger partial charge in [0.2, 0.25) is 5.91 Å². The normalized spacial score (nSPS) is 21.0. The average Bonchev–Trinajstić information content (AvgIpc) is 3.42. The molecule has 6 nitrogen and oxygen atoms in total. The molecule has 3 aliphatic rings. The average molecular weight is 392 g/mol. The minimum absolute atomic E-state index is 0.0101. The maximum Gasteiger partial charge on any atom is 0.254 e. The lowest BCUT2D eigenvalue weighted by Gasteiger charge is -2.27. The Morgan fingerprint density at radius 2 is 1.83 bits per heavy atom. The van der Waals surface area contributed by atoms with E-state index in [0.717, 1.165) is 55.1 Å². The van der Waals surface area contributed by atoms with Crippen LogP contribution in [0.3, 0.4) is 0 Å². The standard InChI is InChI=1S/C23H24N2O4/c26-22-7-3-10-24(22)18-5-1-4-17(14-18)23(27)25-11-2-6-19(25)16-8-9-20-21(15-16)29-13-12-28-20/h1,4-5,8-9,14-15,19H,2-3,6-7,10-13H2/t19-/m1/s1. The fourth-order valence-corrected chi connectivity index (χ4v) is 4.52. The predicted octanol–water partition coefficient (Wildman–Crippen LogP) is 3.56. The van der Waals surface area contributed by atoms with Gasteiger partial charge in [-0.1, -0.05) is 12.1 Å². The number of carbonyl (C=O) groups is 2. The quantitative estimate of drug-likeness (QED) is 0.801. The Bertz CT molecular complexity index is 958. The molecule has 6 heteroatoms. The maximum atomic E-state index is 13.3. The van der Waals surface area contributed by atoms with Gasteiger partial charge in [-0.25, -0.2) is 0 Å². The Morgan fingerprint density at radius 3 is 2.66 bits per heavy atom. The monoisotopic (exact) mass is 392 g/mol. The summed E-state index contributed by atoms with van der Waals surface area (Å²) in [4.78, 5) is 29.1. The summed E-state index contributed by atoms with van der Waals surface area (Å²) < 4.78 is 11.3. The molecule has 0 spiro atoms. The van der Waals surface area contributed by atoms with Crippen molar-refractivity contribution in [2.45, 2.75) is 31.7 Å². The van der Waals surface area contributed by atoms with E-state index >= 15 is 0 Å². The van der Waals surface area contributed by atoms with Crippen LogP contribution in [0.15, 0.2) is 42.5 Å². The number of hydrogen-bond donors (Lipinski definition) is 0. The number of rotatable bonds is 3. The van der Waals surface area contributed by atoms with E-state index in [0.29, 0.717) is 25.2 Å². The van der Waals surface area contributed by atoms with E-state index in [4.69, 9.17) is 9.47 Å². The van der Waals surface area contributed by atoms with Crippen molar-refractivity contribution in [1.82, 2.24) is 4.90 Å². The zero-order valence-electron chi connectivity index (χ0n) is 16.3. The highest BCUT2D eigenvalue weighted by atomic mass is 16.6. The highest BCUT2D eigenvalue weighted by molar-refractivity contribution is 5.99. The largest absolute Gasteiger partial charge is 0.486 e. The van der Waals surface area contributed by atoms with Crippen molar-refractivity contribution in [1.29, 1.82) is 0 Å². The molecule has 150 valence electrons. The number of carbonyl (C=O) groups excluding carboxylic acids is 2. The molecule has 0 radical (unpaired) electrons. The molecule has 0 saturated carbocycles. The smallest absolute Gasteiger partial charge is 0.254 e. The van der Waals surface area contributed by atoms with Crippen molar-refractivity contribution in [2.75, 3.05) is 31.2 Å². The van der Waals surface area contributed by atoms with Crippen molar-refractivity contribution in [3.05, 3.63) is 53.6 Å². The Labute approximate surface area is 170 Å². The minimum Gasteiger partial charge on any atom is -0.486 e. The van der Waals surface area contributed by atoms with Crippen LogP contribution in [-0.2, 0) is 4.79 Å². The Kier molecular flexibility index (Phi) is 4.62. The van der Waals surface area contributed by atoms with Gasteiger partial charge in [0.25, 0.3) is 5.91 Å². The summed E-state index contributed by atoms with van der Waals surface area (Å²) in [6.45, 7) is 2.56. The van der Waals surface area contributed by atoms with Gasteiger partial charge < -0.3 is 19.3 Å². The first-order valence-electron chi connectivity index (χ1n) is 10.3.